The van der Waals surface area contributed by atoms with Crippen molar-refractivity contribution in [1.29, 1.82) is 0 Å². The van der Waals surface area contributed by atoms with Crippen molar-refractivity contribution in [3.63, 3.8) is 0 Å². The standard InChI is InChI=1S/C13H15BrN2/c1-13(2,3)9-7-16-12(15)8-5-4-6-10(14)11(8)9/h4-7H,1-3H3,(H2,15,16). The first kappa shape index (κ1) is 11.4. The molecule has 84 valence electrons. The monoisotopic (exact) mass is 278 g/mol. The van der Waals surface area contributed by atoms with E-state index < -0.39 is 0 Å². The third-order valence-electron chi connectivity index (χ3n) is 2.70. The summed E-state index contributed by atoms with van der Waals surface area (Å²) in [6.45, 7) is 6.54. The van der Waals surface area contributed by atoms with Crippen molar-refractivity contribution in [3.8, 4) is 0 Å². The number of benzene rings is 1. The van der Waals surface area contributed by atoms with Crippen LogP contribution in [0.1, 0.15) is 26.3 Å². The summed E-state index contributed by atoms with van der Waals surface area (Å²) in [5.41, 5.74) is 7.18. The van der Waals surface area contributed by atoms with Crippen LogP contribution in [0.4, 0.5) is 5.82 Å². The average molecular weight is 279 g/mol. The van der Waals surface area contributed by atoms with Crippen molar-refractivity contribution < 1.29 is 0 Å². The first-order valence-electron chi connectivity index (χ1n) is 5.24. The number of nitrogens with zero attached hydrogens (tertiary/aromatic N) is 1. The average Bonchev–Trinajstić information content (AvgIpc) is 2.18. The molecule has 2 nitrogen and oxygen atoms in total. The van der Waals surface area contributed by atoms with E-state index in [9.17, 15) is 0 Å². The second kappa shape index (κ2) is 3.74. The van der Waals surface area contributed by atoms with Gasteiger partial charge in [-0.3, -0.25) is 0 Å². The summed E-state index contributed by atoms with van der Waals surface area (Å²) in [6, 6.07) is 6.03. The van der Waals surface area contributed by atoms with Gasteiger partial charge in [-0.15, -0.1) is 0 Å². The maximum absolute atomic E-state index is 5.91. The van der Waals surface area contributed by atoms with E-state index in [1.165, 1.54) is 10.9 Å². The molecule has 0 atom stereocenters. The molecule has 0 fully saturated rings. The second-order valence-corrected chi connectivity index (χ2v) is 5.82. The minimum atomic E-state index is 0.0584. The molecule has 2 aromatic rings. The van der Waals surface area contributed by atoms with Crippen LogP contribution in [0.25, 0.3) is 10.8 Å². The number of fused-ring (bicyclic) bond motifs is 1. The summed E-state index contributed by atoms with van der Waals surface area (Å²) in [7, 11) is 0. The van der Waals surface area contributed by atoms with Crippen molar-refractivity contribution >= 4 is 32.5 Å². The maximum atomic E-state index is 5.91. The lowest BCUT2D eigenvalue weighted by Gasteiger charge is -2.22. The van der Waals surface area contributed by atoms with E-state index in [-0.39, 0.29) is 5.41 Å². The van der Waals surface area contributed by atoms with Crippen LogP contribution < -0.4 is 5.73 Å². The van der Waals surface area contributed by atoms with Crippen LogP contribution in [0, 0.1) is 0 Å². The molecule has 0 amide bonds. The van der Waals surface area contributed by atoms with Crippen LogP contribution in [-0.2, 0) is 5.41 Å². The Hall–Kier alpha value is -1.09. The fourth-order valence-electron chi connectivity index (χ4n) is 1.85. The molecule has 1 aromatic heterocycles. The van der Waals surface area contributed by atoms with Crippen LogP contribution in [0.2, 0.25) is 0 Å². The van der Waals surface area contributed by atoms with Crippen LogP contribution in [0.5, 0.6) is 0 Å². The highest BCUT2D eigenvalue weighted by Crippen LogP contribution is 2.35. The Labute approximate surface area is 104 Å². The molecule has 0 aliphatic carbocycles. The zero-order valence-electron chi connectivity index (χ0n) is 9.71. The maximum Gasteiger partial charge on any atom is 0.131 e. The minimum absolute atomic E-state index is 0.0584. The van der Waals surface area contributed by atoms with Crippen LogP contribution in [-0.4, -0.2) is 4.98 Å². The van der Waals surface area contributed by atoms with Gasteiger partial charge in [0.1, 0.15) is 5.82 Å². The van der Waals surface area contributed by atoms with Crippen molar-refractivity contribution in [2.75, 3.05) is 5.73 Å². The van der Waals surface area contributed by atoms with Gasteiger partial charge < -0.3 is 5.73 Å². The molecule has 1 heterocycles. The summed E-state index contributed by atoms with van der Waals surface area (Å²) >= 11 is 3.59. The Morgan fingerprint density at radius 2 is 1.94 bits per heavy atom. The SMILES string of the molecule is CC(C)(C)c1cnc(N)c2cccc(Br)c12. The van der Waals surface area contributed by atoms with Gasteiger partial charge in [-0.05, 0) is 17.0 Å². The quantitative estimate of drug-likeness (QED) is 0.794. The first-order valence-corrected chi connectivity index (χ1v) is 6.04. The van der Waals surface area contributed by atoms with Gasteiger partial charge in [0.15, 0.2) is 0 Å². The number of nitrogens with two attached hydrogens (primary N) is 1. The molecular weight excluding hydrogens is 264 g/mol. The Kier molecular flexibility index (Phi) is 2.66. The lowest BCUT2D eigenvalue weighted by molar-refractivity contribution is 0.593. The Morgan fingerprint density at radius 3 is 2.56 bits per heavy atom. The van der Waals surface area contributed by atoms with E-state index in [2.05, 4.69) is 41.7 Å². The van der Waals surface area contributed by atoms with Crippen LogP contribution in [0.15, 0.2) is 28.9 Å². The molecule has 0 unspecified atom stereocenters. The number of halogens is 1. The highest BCUT2D eigenvalue weighted by atomic mass is 79.9. The van der Waals surface area contributed by atoms with E-state index in [1.54, 1.807) is 0 Å². The first-order chi connectivity index (χ1) is 7.41. The molecule has 3 heteroatoms. The van der Waals surface area contributed by atoms with Gasteiger partial charge in [0.2, 0.25) is 0 Å². The highest BCUT2D eigenvalue weighted by molar-refractivity contribution is 9.10. The van der Waals surface area contributed by atoms with E-state index in [4.69, 9.17) is 5.73 Å². The number of hydrogen-bond acceptors (Lipinski definition) is 2. The number of hydrogen-bond donors (Lipinski definition) is 1. The third-order valence-corrected chi connectivity index (χ3v) is 3.36. The van der Waals surface area contributed by atoms with Crippen LogP contribution in [0.3, 0.4) is 0 Å². The molecule has 1 aromatic carbocycles. The van der Waals surface area contributed by atoms with Crippen LogP contribution >= 0.6 is 15.9 Å². The third kappa shape index (κ3) is 1.80. The number of nitrogen functional groups attached to an aromatic ring is 1. The number of aromatic nitrogens is 1. The lowest BCUT2D eigenvalue weighted by Crippen LogP contribution is -2.13. The Bertz CT molecular complexity index is 541. The smallest absolute Gasteiger partial charge is 0.131 e. The van der Waals surface area contributed by atoms with Gasteiger partial charge in [-0.2, -0.15) is 0 Å². The summed E-state index contributed by atoms with van der Waals surface area (Å²) < 4.78 is 1.07. The molecular formula is C13H15BrN2. The summed E-state index contributed by atoms with van der Waals surface area (Å²) in [5, 5.41) is 2.18. The van der Waals surface area contributed by atoms with Gasteiger partial charge in [0.05, 0.1) is 0 Å². The molecule has 0 saturated heterocycles. The van der Waals surface area contributed by atoms with Crippen molar-refractivity contribution in [1.82, 2.24) is 4.98 Å². The van der Waals surface area contributed by atoms with Crippen molar-refractivity contribution in [2.45, 2.75) is 26.2 Å². The molecule has 0 aliphatic rings. The van der Waals surface area contributed by atoms with Gasteiger partial charge in [0.25, 0.3) is 0 Å². The van der Waals surface area contributed by atoms with Crippen molar-refractivity contribution in [2.24, 2.45) is 0 Å². The van der Waals surface area contributed by atoms with Gasteiger partial charge in [-0.1, -0.05) is 48.8 Å². The molecule has 0 spiro atoms. The Morgan fingerprint density at radius 1 is 1.25 bits per heavy atom. The lowest BCUT2D eigenvalue weighted by atomic mass is 9.85. The summed E-state index contributed by atoms with van der Waals surface area (Å²) in [5.74, 6) is 0.587. The van der Waals surface area contributed by atoms with E-state index in [1.807, 2.05) is 24.4 Å². The molecule has 2 rings (SSSR count). The van der Waals surface area contributed by atoms with Gasteiger partial charge in [0, 0.05) is 21.4 Å². The molecule has 2 N–H and O–H groups in total. The predicted octanol–water partition coefficient (Wildman–Crippen LogP) is 3.88. The minimum Gasteiger partial charge on any atom is -0.383 e. The fourth-order valence-corrected chi connectivity index (χ4v) is 2.43. The zero-order valence-corrected chi connectivity index (χ0v) is 11.3. The molecule has 16 heavy (non-hydrogen) atoms. The number of rotatable bonds is 0. The highest BCUT2D eigenvalue weighted by Gasteiger charge is 2.19. The predicted molar refractivity (Wildman–Crippen MR) is 72.6 cm³/mol. The summed E-state index contributed by atoms with van der Waals surface area (Å²) in [6.07, 6.45) is 1.88. The zero-order chi connectivity index (χ0) is 11.9. The number of anilines is 1. The Balaban J connectivity index is 2.92. The van der Waals surface area contributed by atoms with E-state index in [0.717, 1.165) is 9.86 Å². The summed E-state index contributed by atoms with van der Waals surface area (Å²) in [4.78, 5) is 4.27. The second-order valence-electron chi connectivity index (χ2n) is 4.97. The molecule has 0 aliphatic heterocycles. The normalized spacial score (nSPS) is 12.0. The van der Waals surface area contributed by atoms with Gasteiger partial charge >= 0.3 is 0 Å². The molecule has 0 bridgehead atoms. The number of pyridine rings is 1. The van der Waals surface area contributed by atoms with Gasteiger partial charge in [-0.25, -0.2) is 4.98 Å². The molecule has 0 radical (unpaired) electrons. The van der Waals surface area contributed by atoms with E-state index >= 15 is 0 Å². The molecule has 0 saturated carbocycles. The largest absolute Gasteiger partial charge is 0.383 e. The fraction of sp³-hybridized carbons (Fsp3) is 0.308. The topological polar surface area (TPSA) is 38.9 Å². The van der Waals surface area contributed by atoms with E-state index in [0.29, 0.717) is 5.82 Å². The van der Waals surface area contributed by atoms with Crippen molar-refractivity contribution in [3.05, 3.63) is 34.4 Å².